The maximum absolute atomic E-state index is 13.0. The van der Waals surface area contributed by atoms with Gasteiger partial charge in [0.2, 0.25) is 0 Å². The molecule has 0 spiro atoms. The molecule has 2 rings (SSSR count). The Balaban J connectivity index is 1.70. The number of hydrogen-bond acceptors (Lipinski definition) is 3. The van der Waals surface area contributed by atoms with Crippen LogP contribution in [0.2, 0.25) is 0 Å². The highest BCUT2D eigenvalue weighted by Gasteiger charge is 2.04. The first-order valence-electron chi connectivity index (χ1n) is 7.44. The highest BCUT2D eigenvalue weighted by molar-refractivity contribution is 5.89. The number of hydrogen-bond donors (Lipinski definition) is 2. The molecule has 0 atom stereocenters. The molecule has 0 radical (unpaired) electrons. The number of nitrogens with one attached hydrogen (secondary N) is 2. The van der Waals surface area contributed by atoms with Crippen LogP contribution >= 0.6 is 0 Å². The van der Waals surface area contributed by atoms with E-state index in [1.807, 2.05) is 6.92 Å². The van der Waals surface area contributed by atoms with E-state index in [0.717, 1.165) is 17.9 Å². The molecule has 0 aromatic heterocycles. The van der Waals surface area contributed by atoms with Crippen LogP contribution < -0.4 is 20.1 Å². The number of urea groups is 1. The van der Waals surface area contributed by atoms with E-state index in [4.69, 9.17) is 9.47 Å². The molecule has 0 bridgehead atoms. The fourth-order valence-corrected chi connectivity index (χ4v) is 1.88. The quantitative estimate of drug-likeness (QED) is 0.760. The molecule has 0 unspecified atom stereocenters. The lowest BCUT2D eigenvalue weighted by molar-refractivity contribution is 0.247. The lowest BCUT2D eigenvalue weighted by atomic mass is 10.3. The zero-order valence-corrected chi connectivity index (χ0v) is 13.1. The number of benzene rings is 2. The first kappa shape index (κ1) is 17.5. The number of carbonyl (C=O) groups is 1. The van der Waals surface area contributed by atoms with Gasteiger partial charge >= 0.3 is 6.03 Å². The Morgan fingerprint density at radius 3 is 2.38 bits per heavy atom. The zero-order chi connectivity index (χ0) is 17.4. The van der Waals surface area contributed by atoms with Crippen LogP contribution in [0.25, 0.3) is 0 Å². The molecular formula is C17H18F2N2O3. The van der Waals surface area contributed by atoms with Gasteiger partial charge in [0.25, 0.3) is 0 Å². The normalized spacial score (nSPS) is 10.1. The SMILES string of the molecule is CCOc1ccc(NC(=O)NCCOc2ccc(F)c(F)c2)cc1. The van der Waals surface area contributed by atoms with Gasteiger partial charge in [0.15, 0.2) is 11.6 Å². The minimum absolute atomic E-state index is 0.127. The second-order valence-electron chi connectivity index (χ2n) is 4.76. The van der Waals surface area contributed by atoms with Crippen LogP contribution in [0.1, 0.15) is 6.92 Å². The van der Waals surface area contributed by atoms with Gasteiger partial charge in [-0.2, -0.15) is 0 Å². The summed E-state index contributed by atoms with van der Waals surface area (Å²) in [5.74, 6) is -0.991. The molecule has 0 heterocycles. The smallest absolute Gasteiger partial charge is 0.319 e. The van der Waals surface area contributed by atoms with E-state index in [-0.39, 0.29) is 18.9 Å². The van der Waals surface area contributed by atoms with Gasteiger partial charge in [-0.3, -0.25) is 0 Å². The predicted molar refractivity (Wildman–Crippen MR) is 86.5 cm³/mol. The Hall–Kier alpha value is -2.83. The molecular weight excluding hydrogens is 318 g/mol. The molecule has 0 fully saturated rings. The Labute approximate surface area is 138 Å². The van der Waals surface area contributed by atoms with Crippen LogP contribution in [-0.2, 0) is 0 Å². The Bertz CT molecular complexity index is 678. The van der Waals surface area contributed by atoms with Crippen LogP contribution in [0, 0.1) is 11.6 Å². The Morgan fingerprint density at radius 2 is 1.71 bits per heavy atom. The predicted octanol–water partition coefficient (Wildman–Crippen LogP) is 3.56. The average Bonchev–Trinajstić information content (AvgIpc) is 2.57. The molecule has 7 heteroatoms. The maximum Gasteiger partial charge on any atom is 0.319 e. The fourth-order valence-electron chi connectivity index (χ4n) is 1.88. The molecule has 0 saturated carbocycles. The van der Waals surface area contributed by atoms with Crippen molar-refractivity contribution in [2.24, 2.45) is 0 Å². The number of halogens is 2. The number of amides is 2. The lowest BCUT2D eigenvalue weighted by Gasteiger charge is -2.10. The van der Waals surface area contributed by atoms with Gasteiger partial charge in [-0.1, -0.05) is 0 Å². The van der Waals surface area contributed by atoms with E-state index in [0.29, 0.717) is 12.3 Å². The summed E-state index contributed by atoms with van der Waals surface area (Å²) in [5.41, 5.74) is 0.623. The van der Waals surface area contributed by atoms with E-state index in [9.17, 15) is 13.6 Å². The van der Waals surface area contributed by atoms with Crippen molar-refractivity contribution in [3.05, 3.63) is 54.1 Å². The van der Waals surface area contributed by atoms with Crippen molar-refractivity contribution in [2.45, 2.75) is 6.92 Å². The maximum atomic E-state index is 13.0. The second kappa shape index (κ2) is 8.71. The van der Waals surface area contributed by atoms with Gasteiger partial charge in [0.1, 0.15) is 18.1 Å². The monoisotopic (exact) mass is 336 g/mol. The summed E-state index contributed by atoms with van der Waals surface area (Å²) in [6, 6.07) is 9.82. The van der Waals surface area contributed by atoms with Crippen LogP contribution in [0.15, 0.2) is 42.5 Å². The Morgan fingerprint density at radius 1 is 1.00 bits per heavy atom. The van der Waals surface area contributed by atoms with E-state index < -0.39 is 17.7 Å². The second-order valence-corrected chi connectivity index (χ2v) is 4.76. The summed E-state index contributed by atoms with van der Waals surface area (Å²) in [6.45, 7) is 2.80. The van der Waals surface area contributed by atoms with Gasteiger partial charge in [0, 0.05) is 11.8 Å². The van der Waals surface area contributed by atoms with Crippen molar-refractivity contribution < 1.29 is 23.0 Å². The first-order valence-corrected chi connectivity index (χ1v) is 7.44. The average molecular weight is 336 g/mol. The topological polar surface area (TPSA) is 59.6 Å². The number of rotatable bonds is 7. The van der Waals surface area contributed by atoms with Crippen LogP contribution in [0.5, 0.6) is 11.5 Å². The summed E-state index contributed by atoms with van der Waals surface area (Å²) < 4.78 is 36.3. The fraction of sp³-hybridized carbons (Fsp3) is 0.235. The number of carbonyl (C=O) groups excluding carboxylic acids is 1. The van der Waals surface area contributed by atoms with Crippen molar-refractivity contribution in [1.82, 2.24) is 5.32 Å². The van der Waals surface area contributed by atoms with Gasteiger partial charge in [-0.15, -0.1) is 0 Å². The minimum Gasteiger partial charge on any atom is -0.494 e. The third-order valence-corrected chi connectivity index (χ3v) is 2.97. The lowest BCUT2D eigenvalue weighted by Crippen LogP contribution is -2.32. The summed E-state index contributed by atoms with van der Waals surface area (Å²) in [5, 5.41) is 5.25. The molecule has 24 heavy (non-hydrogen) atoms. The standard InChI is InChI=1S/C17H18F2N2O3/c1-2-23-13-5-3-12(4-6-13)21-17(22)20-9-10-24-14-7-8-15(18)16(19)11-14/h3-8,11H,2,9-10H2,1H3,(H2,20,21,22). The van der Waals surface area contributed by atoms with Crippen molar-refractivity contribution in [2.75, 3.05) is 25.1 Å². The molecule has 0 aliphatic rings. The summed E-state index contributed by atoms with van der Waals surface area (Å²) >= 11 is 0. The molecule has 5 nitrogen and oxygen atoms in total. The molecule has 2 amide bonds. The van der Waals surface area contributed by atoms with Crippen molar-refractivity contribution in [3.8, 4) is 11.5 Å². The van der Waals surface area contributed by atoms with Gasteiger partial charge in [-0.25, -0.2) is 13.6 Å². The van der Waals surface area contributed by atoms with Crippen LogP contribution in [-0.4, -0.2) is 25.8 Å². The van der Waals surface area contributed by atoms with Gasteiger partial charge in [0.05, 0.1) is 13.2 Å². The van der Waals surface area contributed by atoms with E-state index in [2.05, 4.69) is 10.6 Å². The van der Waals surface area contributed by atoms with E-state index in [1.54, 1.807) is 24.3 Å². The zero-order valence-electron chi connectivity index (χ0n) is 13.1. The van der Waals surface area contributed by atoms with Gasteiger partial charge in [-0.05, 0) is 43.3 Å². The number of anilines is 1. The highest BCUT2D eigenvalue weighted by atomic mass is 19.2. The largest absolute Gasteiger partial charge is 0.494 e. The third-order valence-electron chi connectivity index (χ3n) is 2.97. The third kappa shape index (κ3) is 5.42. The van der Waals surface area contributed by atoms with Gasteiger partial charge < -0.3 is 20.1 Å². The van der Waals surface area contributed by atoms with Crippen LogP contribution in [0.3, 0.4) is 0 Å². The minimum atomic E-state index is -0.978. The summed E-state index contributed by atoms with van der Waals surface area (Å²) in [6.07, 6.45) is 0. The molecule has 0 saturated heterocycles. The summed E-state index contributed by atoms with van der Waals surface area (Å²) in [4.78, 5) is 11.7. The van der Waals surface area contributed by atoms with E-state index >= 15 is 0 Å². The van der Waals surface area contributed by atoms with Crippen molar-refractivity contribution in [1.29, 1.82) is 0 Å². The molecule has 0 aliphatic heterocycles. The summed E-state index contributed by atoms with van der Waals surface area (Å²) in [7, 11) is 0. The van der Waals surface area contributed by atoms with E-state index in [1.165, 1.54) is 6.07 Å². The first-order chi connectivity index (χ1) is 11.6. The van der Waals surface area contributed by atoms with Crippen LogP contribution in [0.4, 0.5) is 19.3 Å². The van der Waals surface area contributed by atoms with Crippen molar-refractivity contribution >= 4 is 11.7 Å². The molecule has 2 aromatic carbocycles. The highest BCUT2D eigenvalue weighted by Crippen LogP contribution is 2.16. The number of ether oxygens (including phenoxy) is 2. The molecule has 2 aromatic rings. The molecule has 128 valence electrons. The molecule has 0 aliphatic carbocycles. The molecule has 2 N–H and O–H groups in total. The Kier molecular flexibility index (Phi) is 6.36. The van der Waals surface area contributed by atoms with Crippen molar-refractivity contribution in [3.63, 3.8) is 0 Å².